The number of benzene rings is 3. The first-order chi connectivity index (χ1) is 24.7. The van der Waals surface area contributed by atoms with E-state index in [0.29, 0.717) is 0 Å². The Morgan fingerprint density at radius 3 is 2.13 bits per heavy atom. The van der Waals surface area contributed by atoms with E-state index in [-0.39, 0.29) is 76.0 Å². The van der Waals surface area contributed by atoms with Gasteiger partial charge < -0.3 is 19.5 Å². The van der Waals surface area contributed by atoms with E-state index in [4.69, 9.17) is 14.2 Å². The van der Waals surface area contributed by atoms with Crippen molar-refractivity contribution < 1.29 is 40.6 Å². The summed E-state index contributed by atoms with van der Waals surface area (Å²) in [5.41, 5.74) is -0.271. The molecule has 2 aromatic heterocycles. The van der Waals surface area contributed by atoms with E-state index < -0.39 is 27.7 Å². The van der Waals surface area contributed by atoms with Crippen LogP contribution in [-0.4, -0.2) is 48.0 Å². The van der Waals surface area contributed by atoms with Gasteiger partial charge in [0.1, 0.15) is 0 Å². The molecule has 0 aliphatic heterocycles. The third-order valence-electron chi connectivity index (χ3n) is 7.51. The van der Waals surface area contributed by atoms with Crippen LogP contribution in [0.5, 0.6) is 23.1 Å². The Morgan fingerprint density at radius 1 is 0.827 bits per heavy atom. The van der Waals surface area contributed by atoms with Crippen LogP contribution in [0.2, 0.25) is 0 Å². The number of nitrogens with zero attached hydrogens (tertiary/aromatic N) is 4. The van der Waals surface area contributed by atoms with E-state index in [1.807, 2.05) is 20.8 Å². The van der Waals surface area contributed by atoms with Crippen LogP contribution in [0.4, 0.5) is 19.0 Å². The van der Waals surface area contributed by atoms with Gasteiger partial charge in [-0.05, 0) is 52.9 Å². The molecule has 52 heavy (non-hydrogen) atoms. The van der Waals surface area contributed by atoms with Crippen molar-refractivity contribution in [2.45, 2.75) is 50.2 Å². The fourth-order valence-electron chi connectivity index (χ4n) is 4.81. The van der Waals surface area contributed by atoms with Crippen LogP contribution in [0.25, 0.3) is 11.6 Å². The number of aromatic nitrogens is 4. The molecule has 0 aliphatic carbocycles. The second-order valence-electron chi connectivity index (χ2n) is 12.3. The van der Waals surface area contributed by atoms with E-state index in [2.05, 4.69) is 30.0 Å². The summed E-state index contributed by atoms with van der Waals surface area (Å²) in [5.74, 6) is -1.22. The number of sulfonamides is 1. The van der Waals surface area contributed by atoms with Crippen molar-refractivity contribution in [3.05, 3.63) is 108 Å². The van der Waals surface area contributed by atoms with Gasteiger partial charge in [0.15, 0.2) is 23.1 Å². The largest absolute Gasteiger partial charge is 0.493 e. The summed E-state index contributed by atoms with van der Waals surface area (Å²) in [6.45, 7) is 5.29. The maximum absolute atomic E-state index is 13.8. The first kappa shape index (κ1) is 37.5. The summed E-state index contributed by atoms with van der Waals surface area (Å²) >= 11 is 0. The first-order valence-electron chi connectivity index (χ1n) is 15.8. The molecule has 2 heterocycles. The van der Waals surface area contributed by atoms with Gasteiger partial charge in [0.25, 0.3) is 15.9 Å². The van der Waals surface area contributed by atoms with E-state index >= 15 is 0 Å². The molecular formula is C36H35F3N6O6S. The number of anilines is 1. The molecular weight excluding hydrogens is 701 g/mol. The van der Waals surface area contributed by atoms with E-state index in [1.165, 1.54) is 49.8 Å². The molecule has 2 N–H and O–H groups in total. The lowest BCUT2D eigenvalue weighted by atomic mass is 9.87. The van der Waals surface area contributed by atoms with E-state index in [1.54, 1.807) is 42.5 Å². The highest BCUT2D eigenvalue weighted by atomic mass is 32.2. The molecule has 5 rings (SSSR count). The van der Waals surface area contributed by atoms with Crippen LogP contribution in [0.3, 0.4) is 0 Å². The molecule has 16 heteroatoms. The van der Waals surface area contributed by atoms with Gasteiger partial charge in [-0.15, -0.1) is 0 Å². The van der Waals surface area contributed by atoms with Crippen LogP contribution in [0.1, 0.15) is 43.9 Å². The van der Waals surface area contributed by atoms with Gasteiger partial charge in [-0.1, -0.05) is 63.2 Å². The Bertz CT molecular complexity index is 2130. The number of halogens is 3. The van der Waals surface area contributed by atoms with Crippen molar-refractivity contribution >= 4 is 21.7 Å². The zero-order valence-electron chi connectivity index (χ0n) is 28.6. The van der Waals surface area contributed by atoms with Crippen LogP contribution in [0.15, 0.2) is 96.2 Å². The Labute approximate surface area is 298 Å². The predicted octanol–water partition coefficient (Wildman–Crippen LogP) is 6.94. The quantitative estimate of drug-likeness (QED) is 0.130. The number of hydrogen-bond donors (Lipinski definition) is 2. The minimum Gasteiger partial charge on any atom is -0.493 e. The van der Waals surface area contributed by atoms with Crippen LogP contribution < -0.4 is 24.2 Å². The third-order valence-corrected chi connectivity index (χ3v) is 8.86. The summed E-state index contributed by atoms with van der Waals surface area (Å²) in [4.78, 5) is 29.9. The lowest BCUT2D eigenvalue weighted by Gasteiger charge is -2.20. The number of ether oxygens (including phenoxy) is 3. The van der Waals surface area contributed by atoms with Crippen LogP contribution >= 0.6 is 0 Å². The molecule has 1 amide bonds. The number of alkyl halides is 3. The molecule has 0 spiro atoms. The number of methoxy groups -OCH3 is 1. The van der Waals surface area contributed by atoms with Gasteiger partial charge in [-0.25, -0.2) is 23.4 Å². The molecule has 0 atom stereocenters. The second-order valence-corrected chi connectivity index (χ2v) is 13.9. The standard InChI is InChI=1S/C36H35F3N6O6S/c1-35(2,3)24-14-16-25(17-15-24)52(47,48)45-31-30(51-28-13-8-7-12-27(28)49-4)34(44-33(43-31)32-40-19-9-20-41-32)50-21-18-29(46)42-22-23-10-5-6-11-26(23)36(37,38)39/h5-17,19-20H,18,21-22H2,1-4H3,(H,42,46)(H,43,44,45). The van der Waals surface area contributed by atoms with Crippen LogP contribution in [-0.2, 0) is 33.0 Å². The number of nitrogens with one attached hydrogen (secondary N) is 2. The minimum absolute atomic E-state index is 0.0206. The second kappa shape index (κ2) is 15.6. The Balaban J connectivity index is 1.49. The molecule has 0 radical (unpaired) electrons. The Hall–Kier alpha value is -5.77. The topological polar surface area (TPSA) is 155 Å². The highest BCUT2D eigenvalue weighted by molar-refractivity contribution is 7.92. The van der Waals surface area contributed by atoms with Crippen LogP contribution in [0, 0.1) is 0 Å². The SMILES string of the molecule is COc1ccccc1Oc1c(NS(=O)(=O)c2ccc(C(C)(C)C)cc2)nc(-c2ncccn2)nc1OCCC(=O)NCc1ccccc1C(F)(F)F. The van der Waals surface area contributed by atoms with Crippen molar-refractivity contribution in [1.29, 1.82) is 0 Å². The molecule has 0 bridgehead atoms. The van der Waals surface area contributed by atoms with Gasteiger partial charge in [0, 0.05) is 18.9 Å². The Kier molecular flexibility index (Phi) is 11.3. The summed E-state index contributed by atoms with van der Waals surface area (Å²) in [7, 11) is -2.88. The molecule has 0 fully saturated rings. The van der Waals surface area contributed by atoms with Crippen molar-refractivity contribution in [2.24, 2.45) is 0 Å². The normalized spacial score (nSPS) is 11.8. The zero-order valence-corrected chi connectivity index (χ0v) is 29.4. The molecule has 5 aromatic rings. The summed E-state index contributed by atoms with van der Waals surface area (Å²) in [6.07, 6.45) is -2.03. The molecule has 0 unspecified atom stereocenters. The molecule has 12 nitrogen and oxygen atoms in total. The van der Waals surface area contributed by atoms with E-state index in [9.17, 15) is 26.4 Å². The average Bonchev–Trinajstić information content (AvgIpc) is 3.11. The minimum atomic E-state index is -4.59. The number of para-hydroxylation sites is 2. The smallest absolute Gasteiger partial charge is 0.416 e. The lowest BCUT2D eigenvalue weighted by molar-refractivity contribution is -0.138. The number of carbonyl (C=O) groups is 1. The highest BCUT2D eigenvalue weighted by Gasteiger charge is 2.33. The first-order valence-corrected chi connectivity index (χ1v) is 17.3. The van der Waals surface area contributed by atoms with Crippen molar-refractivity contribution in [2.75, 3.05) is 18.4 Å². The monoisotopic (exact) mass is 736 g/mol. The molecule has 0 aliphatic rings. The van der Waals surface area contributed by atoms with Gasteiger partial charge in [0.05, 0.1) is 30.6 Å². The van der Waals surface area contributed by atoms with Gasteiger partial charge in [0.2, 0.25) is 17.5 Å². The fraction of sp³-hybridized carbons (Fsp3) is 0.250. The lowest BCUT2D eigenvalue weighted by Crippen LogP contribution is -2.26. The van der Waals surface area contributed by atoms with Crippen molar-refractivity contribution in [3.8, 4) is 34.8 Å². The number of hydrogen-bond acceptors (Lipinski definition) is 10. The van der Waals surface area contributed by atoms with E-state index in [0.717, 1.165) is 11.6 Å². The molecule has 272 valence electrons. The van der Waals surface area contributed by atoms with Crippen molar-refractivity contribution in [3.63, 3.8) is 0 Å². The third kappa shape index (κ3) is 9.31. The molecule has 0 saturated carbocycles. The van der Waals surface area contributed by atoms with Gasteiger partial charge in [-0.2, -0.15) is 18.2 Å². The number of amides is 1. The average molecular weight is 737 g/mol. The van der Waals surface area contributed by atoms with Gasteiger partial charge >= 0.3 is 6.18 Å². The molecule has 0 saturated heterocycles. The summed E-state index contributed by atoms with van der Waals surface area (Å²) in [5, 5.41) is 2.47. The number of carbonyl (C=O) groups excluding carboxylic acids is 1. The molecule has 3 aromatic carbocycles. The zero-order chi connectivity index (χ0) is 37.5. The fourth-order valence-corrected chi connectivity index (χ4v) is 5.82. The summed E-state index contributed by atoms with van der Waals surface area (Å²) < 4.78 is 87.8. The maximum Gasteiger partial charge on any atom is 0.416 e. The number of rotatable bonds is 13. The maximum atomic E-state index is 13.8. The summed E-state index contributed by atoms with van der Waals surface area (Å²) in [6, 6.07) is 19.4. The predicted molar refractivity (Wildman–Crippen MR) is 185 cm³/mol. The van der Waals surface area contributed by atoms with Gasteiger partial charge in [-0.3, -0.25) is 9.52 Å². The highest BCUT2D eigenvalue weighted by Crippen LogP contribution is 2.41. The van der Waals surface area contributed by atoms with Crippen molar-refractivity contribution in [1.82, 2.24) is 25.3 Å². The Morgan fingerprint density at radius 2 is 1.48 bits per heavy atom.